The van der Waals surface area contributed by atoms with Crippen molar-refractivity contribution in [1.82, 2.24) is 20.2 Å². The van der Waals surface area contributed by atoms with E-state index in [-0.39, 0.29) is 0 Å². The maximum atomic E-state index is 5.32. The molecule has 0 radical (unpaired) electrons. The summed E-state index contributed by atoms with van der Waals surface area (Å²) in [6, 6.07) is 8.18. The van der Waals surface area contributed by atoms with Gasteiger partial charge >= 0.3 is 0 Å². The minimum absolute atomic E-state index is 0.683. The standard InChI is InChI=1S/C16H17BrN6O/c1-24-12-4-2-3-11(9-12)22-5-7-23(8-6-22)16-13-14(17)20-21-15(13)18-10-19-16/h2-4,9-10H,5-8H2,1H3,(H,18,19,20,21). The number of H-pyrrole nitrogens is 1. The van der Waals surface area contributed by atoms with Crippen LogP contribution in [-0.4, -0.2) is 53.5 Å². The van der Waals surface area contributed by atoms with Crippen LogP contribution in [0.1, 0.15) is 0 Å². The van der Waals surface area contributed by atoms with E-state index >= 15 is 0 Å². The molecular formula is C16H17BrN6O. The third kappa shape index (κ3) is 2.66. The van der Waals surface area contributed by atoms with E-state index in [1.165, 1.54) is 5.69 Å². The molecule has 8 heteroatoms. The second kappa shape index (κ2) is 6.27. The van der Waals surface area contributed by atoms with Crippen LogP contribution < -0.4 is 14.5 Å². The number of halogens is 1. The van der Waals surface area contributed by atoms with Crippen LogP contribution in [0, 0.1) is 0 Å². The van der Waals surface area contributed by atoms with E-state index in [9.17, 15) is 0 Å². The number of aromatic nitrogens is 4. The van der Waals surface area contributed by atoms with Gasteiger partial charge in [0.2, 0.25) is 0 Å². The number of methoxy groups -OCH3 is 1. The fraction of sp³-hybridized carbons (Fsp3) is 0.312. The van der Waals surface area contributed by atoms with E-state index in [4.69, 9.17) is 4.74 Å². The van der Waals surface area contributed by atoms with Gasteiger partial charge in [-0.15, -0.1) is 0 Å². The van der Waals surface area contributed by atoms with Crippen LogP contribution in [0.25, 0.3) is 11.0 Å². The number of fused-ring (bicyclic) bond motifs is 1. The number of anilines is 2. The molecule has 1 saturated heterocycles. The zero-order valence-corrected chi connectivity index (χ0v) is 14.8. The number of ether oxygens (including phenoxy) is 1. The van der Waals surface area contributed by atoms with Gasteiger partial charge in [0.15, 0.2) is 5.65 Å². The summed E-state index contributed by atoms with van der Waals surface area (Å²) in [4.78, 5) is 13.3. The lowest BCUT2D eigenvalue weighted by Crippen LogP contribution is -2.46. The van der Waals surface area contributed by atoms with Crippen LogP contribution in [-0.2, 0) is 0 Å². The minimum atomic E-state index is 0.683. The smallest absolute Gasteiger partial charge is 0.187 e. The molecule has 0 amide bonds. The summed E-state index contributed by atoms with van der Waals surface area (Å²) in [6.45, 7) is 3.63. The summed E-state index contributed by atoms with van der Waals surface area (Å²) in [5.41, 5.74) is 1.87. The van der Waals surface area contributed by atoms with Crippen molar-refractivity contribution in [2.75, 3.05) is 43.1 Å². The number of nitrogens with one attached hydrogen (secondary N) is 1. The Labute approximate surface area is 147 Å². The predicted molar refractivity (Wildman–Crippen MR) is 96.8 cm³/mol. The van der Waals surface area contributed by atoms with Crippen molar-refractivity contribution in [3.63, 3.8) is 0 Å². The van der Waals surface area contributed by atoms with Gasteiger partial charge in [-0.2, -0.15) is 5.10 Å². The molecule has 0 aliphatic carbocycles. The molecule has 1 aliphatic heterocycles. The van der Waals surface area contributed by atoms with Crippen LogP contribution in [0.2, 0.25) is 0 Å². The van der Waals surface area contributed by atoms with Crippen LogP contribution >= 0.6 is 15.9 Å². The van der Waals surface area contributed by atoms with Gasteiger partial charge in [0, 0.05) is 37.9 Å². The van der Waals surface area contributed by atoms with Crippen LogP contribution in [0.4, 0.5) is 11.5 Å². The van der Waals surface area contributed by atoms with Gasteiger partial charge < -0.3 is 14.5 Å². The number of rotatable bonds is 3. The minimum Gasteiger partial charge on any atom is -0.497 e. The molecule has 2 aromatic heterocycles. The summed E-state index contributed by atoms with van der Waals surface area (Å²) < 4.78 is 6.14. The number of piperazine rings is 1. The normalized spacial score (nSPS) is 15.1. The van der Waals surface area contributed by atoms with Crippen molar-refractivity contribution in [3.8, 4) is 5.75 Å². The van der Waals surface area contributed by atoms with Crippen LogP contribution in [0.5, 0.6) is 5.75 Å². The Balaban J connectivity index is 1.54. The van der Waals surface area contributed by atoms with Gasteiger partial charge in [0.05, 0.1) is 12.5 Å². The van der Waals surface area contributed by atoms with E-state index in [1.54, 1.807) is 13.4 Å². The molecule has 0 spiro atoms. The molecule has 4 rings (SSSR count). The molecule has 124 valence electrons. The van der Waals surface area contributed by atoms with Crippen molar-refractivity contribution in [1.29, 1.82) is 0 Å². The number of benzene rings is 1. The summed E-state index contributed by atoms with van der Waals surface area (Å²) in [5, 5.41) is 8.04. The van der Waals surface area contributed by atoms with Crippen molar-refractivity contribution >= 4 is 38.5 Å². The predicted octanol–water partition coefficient (Wildman–Crippen LogP) is 2.45. The molecule has 1 aromatic carbocycles. The largest absolute Gasteiger partial charge is 0.497 e. The van der Waals surface area contributed by atoms with Gasteiger partial charge in [-0.25, -0.2) is 9.97 Å². The molecule has 0 unspecified atom stereocenters. The number of nitrogens with zero attached hydrogens (tertiary/aromatic N) is 5. The highest BCUT2D eigenvalue weighted by molar-refractivity contribution is 9.10. The van der Waals surface area contributed by atoms with E-state index < -0.39 is 0 Å². The van der Waals surface area contributed by atoms with Gasteiger partial charge in [0.1, 0.15) is 22.5 Å². The molecule has 3 heterocycles. The quantitative estimate of drug-likeness (QED) is 0.742. The molecule has 0 saturated carbocycles. The molecule has 1 fully saturated rings. The van der Waals surface area contributed by atoms with E-state index in [0.29, 0.717) is 5.65 Å². The first-order valence-electron chi connectivity index (χ1n) is 7.75. The highest BCUT2D eigenvalue weighted by Crippen LogP contribution is 2.29. The Morgan fingerprint density at radius 3 is 2.71 bits per heavy atom. The fourth-order valence-corrected chi connectivity index (χ4v) is 3.47. The fourth-order valence-electron chi connectivity index (χ4n) is 3.03. The van der Waals surface area contributed by atoms with Gasteiger partial charge in [0.25, 0.3) is 0 Å². The first-order chi connectivity index (χ1) is 11.8. The van der Waals surface area contributed by atoms with Crippen molar-refractivity contribution < 1.29 is 4.74 Å². The lowest BCUT2D eigenvalue weighted by Gasteiger charge is -2.37. The van der Waals surface area contributed by atoms with Crippen LogP contribution in [0.3, 0.4) is 0 Å². The molecule has 7 nitrogen and oxygen atoms in total. The topological polar surface area (TPSA) is 70.2 Å². The number of hydrogen-bond donors (Lipinski definition) is 1. The first-order valence-corrected chi connectivity index (χ1v) is 8.54. The maximum absolute atomic E-state index is 5.32. The monoisotopic (exact) mass is 388 g/mol. The Morgan fingerprint density at radius 2 is 1.92 bits per heavy atom. The van der Waals surface area contributed by atoms with Crippen molar-refractivity contribution in [2.24, 2.45) is 0 Å². The third-order valence-corrected chi connectivity index (χ3v) is 4.86. The second-order valence-corrected chi connectivity index (χ2v) is 6.40. The lowest BCUT2D eigenvalue weighted by atomic mass is 10.2. The summed E-state index contributed by atoms with van der Waals surface area (Å²) in [5.74, 6) is 1.81. The summed E-state index contributed by atoms with van der Waals surface area (Å²) >= 11 is 3.50. The molecule has 1 aliphatic rings. The number of aromatic amines is 1. The van der Waals surface area contributed by atoms with Crippen molar-refractivity contribution in [3.05, 3.63) is 35.2 Å². The molecule has 24 heavy (non-hydrogen) atoms. The first kappa shape index (κ1) is 15.2. The molecule has 1 N–H and O–H groups in total. The average molecular weight is 389 g/mol. The lowest BCUT2D eigenvalue weighted by molar-refractivity contribution is 0.414. The van der Waals surface area contributed by atoms with Gasteiger partial charge in [-0.1, -0.05) is 6.07 Å². The molecular weight excluding hydrogens is 372 g/mol. The average Bonchev–Trinajstić information content (AvgIpc) is 3.03. The highest BCUT2D eigenvalue weighted by atomic mass is 79.9. The number of hydrogen-bond acceptors (Lipinski definition) is 6. The molecule has 0 atom stereocenters. The third-order valence-electron chi connectivity index (χ3n) is 4.28. The highest BCUT2D eigenvalue weighted by Gasteiger charge is 2.22. The van der Waals surface area contributed by atoms with Crippen LogP contribution in [0.15, 0.2) is 35.2 Å². The van der Waals surface area contributed by atoms with Gasteiger partial charge in [-0.05, 0) is 28.1 Å². The molecule has 3 aromatic rings. The second-order valence-electron chi connectivity index (χ2n) is 5.61. The molecule has 0 bridgehead atoms. The Hall–Kier alpha value is -2.35. The maximum Gasteiger partial charge on any atom is 0.187 e. The van der Waals surface area contributed by atoms with Gasteiger partial charge in [-0.3, -0.25) is 5.10 Å². The summed E-state index contributed by atoms with van der Waals surface area (Å²) in [6.07, 6.45) is 1.57. The van der Waals surface area contributed by atoms with E-state index in [0.717, 1.165) is 47.7 Å². The zero-order chi connectivity index (χ0) is 16.5. The zero-order valence-electron chi connectivity index (χ0n) is 13.2. The van der Waals surface area contributed by atoms with Crippen molar-refractivity contribution in [2.45, 2.75) is 0 Å². The SMILES string of the molecule is COc1cccc(N2CCN(c3ncnc4n[nH]c(Br)c34)CC2)c1. The Kier molecular flexibility index (Phi) is 3.97. The Bertz CT molecular complexity index is 859. The summed E-state index contributed by atoms with van der Waals surface area (Å²) in [7, 11) is 1.69. The van der Waals surface area contributed by atoms with E-state index in [1.807, 2.05) is 12.1 Å². The van der Waals surface area contributed by atoms with E-state index in [2.05, 4.69) is 58.0 Å². The Morgan fingerprint density at radius 1 is 1.12 bits per heavy atom.